The zero-order chi connectivity index (χ0) is 9.61. The molecule has 0 aliphatic rings. The van der Waals surface area contributed by atoms with E-state index in [2.05, 4.69) is 10.6 Å². The van der Waals surface area contributed by atoms with Gasteiger partial charge in [0.1, 0.15) is 0 Å². The third-order valence-corrected chi connectivity index (χ3v) is 1.27. The van der Waals surface area contributed by atoms with E-state index in [1.807, 2.05) is 0 Å². The van der Waals surface area contributed by atoms with Crippen molar-refractivity contribution in [2.24, 2.45) is 0 Å². The van der Waals surface area contributed by atoms with Gasteiger partial charge in [0, 0.05) is 19.6 Å². The standard InChI is InChI=1S/C6H13F3N2O/c1-10-2-3-11-4-5(12)6(7,8)9/h5,10-12H,2-4H2,1H3/t5-/m1/s1. The summed E-state index contributed by atoms with van der Waals surface area (Å²) in [5, 5.41) is 13.7. The summed E-state index contributed by atoms with van der Waals surface area (Å²) in [5.41, 5.74) is 0. The molecule has 6 heteroatoms. The molecule has 0 unspecified atom stereocenters. The topological polar surface area (TPSA) is 44.3 Å². The summed E-state index contributed by atoms with van der Waals surface area (Å²) in [6.07, 6.45) is -6.79. The Kier molecular flexibility index (Phi) is 5.19. The number of aliphatic hydroxyl groups is 1. The van der Waals surface area contributed by atoms with Crippen LogP contribution in [0.3, 0.4) is 0 Å². The van der Waals surface area contributed by atoms with Crippen molar-refractivity contribution in [3.05, 3.63) is 0 Å². The molecular formula is C6H13F3N2O. The first-order chi connectivity index (χ1) is 5.48. The first-order valence-electron chi connectivity index (χ1n) is 3.58. The number of rotatable bonds is 5. The number of alkyl halides is 3. The van der Waals surface area contributed by atoms with Crippen molar-refractivity contribution in [3.63, 3.8) is 0 Å². The summed E-state index contributed by atoms with van der Waals surface area (Å²) in [6.45, 7) is 0.527. The van der Waals surface area contributed by atoms with Crippen molar-refractivity contribution in [3.8, 4) is 0 Å². The van der Waals surface area contributed by atoms with E-state index in [1.54, 1.807) is 7.05 Å². The fourth-order valence-electron chi connectivity index (χ4n) is 0.568. The van der Waals surface area contributed by atoms with Crippen molar-refractivity contribution in [1.82, 2.24) is 10.6 Å². The average Bonchev–Trinajstić information content (AvgIpc) is 1.96. The van der Waals surface area contributed by atoms with Gasteiger partial charge in [0.15, 0.2) is 6.10 Å². The number of halogens is 3. The van der Waals surface area contributed by atoms with Gasteiger partial charge >= 0.3 is 6.18 Å². The Morgan fingerprint density at radius 2 is 1.92 bits per heavy atom. The molecule has 12 heavy (non-hydrogen) atoms. The SMILES string of the molecule is CNCCNC[C@@H](O)C(F)(F)F. The van der Waals surface area contributed by atoms with Crippen molar-refractivity contribution in [2.45, 2.75) is 12.3 Å². The van der Waals surface area contributed by atoms with Gasteiger partial charge in [-0.1, -0.05) is 0 Å². The molecule has 0 radical (unpaired) electrons. The second-order valence-corrected chi connectivity index (χ2v) is 2.37. The van der Waals surface area contributed by atoms with Crippen LogP contribution in [-0.2, 0) is 0 Å². The molecule has 0 bridgehead atoms. The Morgan fingerprint density at radius 3 is 2.33 bits per heavy atom. The molecule has 0 amide bonds. The van der Waals surface area contributed by atoms with Crippen LogP contribution in [-0.4, -0.2) is 44.1 Å². The molecule has 0 aliphatic carbocycles. The van der Waals surface area contributed by atoms with Gasteiger partial charge < -0.3 is 15.7 Å². The lowest BCUT2D eigenvalue weighted by atomic mass is 10.3. The van der Waals surface area contributed by atoms with E-state index in [0.29, 0.717) is 13.1 Å². The maximum absolute atomic E-state index is 11.7. The van der Waals surface area contributed by atoms with E-state index in [-0.39, 0.29) is 0 Å². The molecule has 0 saturated carbocycles. The number of hydrogen-bond donors (Lipinski definition) is 3. The van der Waals surface area contributed by atoms with Crippen LogP contribution < -0.4 is 10.6 Å². The van der Waals surface area contributed by atoms with E-state index in [1.165, 1.54) is 0 Å². The van der Waals surface area contributed by atoms with Crippen LogP contribution in [0.1, 0.15) is 0 Å². The smallest absolute Gasteiger partial charge is 0.382 e. The molecule has 74 valence electrons. The fraction of sp³-hybridized carbons (Fsp3) is 1.00. The van der Waals surface area contributed by atoms with Crippen LogP contribution in [0.15, 0.2) is 0 Å². The summed E-state index contributed by atoms with van der Waals surface area (Å²) in [6, 6.07) is 0. The van der Waals surface area contributed by atoms with E-state index >= 15 is 0 Å². The molecule has 1 atom stereocenters. The minimum atomic E-state index is -4.52. The predicted octanol–water partition coefficient (Wildman–Crippen LogP) is -0.281. The molecule has 0 spiro atoms. The van der Waals surface area contributed by atoms with Crippen LogP contribution in [0.2, 0.25) is 0 Å². The average molecular weight is 186 g/mol. The minimum absolute atomic E-state index is 0.406. The quantitative estimate of drug-likeness (QED) is 0.517. The van der Waals surface area contributed by atoms with Gasteiger partial charge in [-0.2, -0.15) is 13.2 Å². The maximum Gasteiger partial charge on any atom is 0.415 e. The van der Waals surface area contributed by atoms with Crippen LogP contribution in [0, 0.1) is 0 Å². The van der Waals surface area contributed by atoms with Crippen LogP contribution in [0.5, 0.6) is 0 Å². The summed E-state index contributed by atoms with van der Waals surface area (Å²) in [4.78, 5) is 0. The summed E-state index contributed by atoms with van der Waals surface area (Å²) in [7, 11) is 1.70. The molecule has 0 aromatic heterocycles. The van der Waals surface area contributed by atoms with Crippen molar-refractivity contribution >= 4 is 0 Å². The largest absolute Gasteiger partial charge is 0.415 e. The molecule has 0 aromatic rings. The highest BCUT2D eigenvalue weighted by Crippen LogP contribution is 2.18. The molecule has 0 fully saturated rings. The normalized spacial score (nSPS) is 14.8. The molecule has 3 N–H and O–H groups in total. The Hall–Kier alpha value is -0.330. The third-order valence-electron chi connectivity index (χ3n) is 1.27. The van der Waals surface area contributed by atoms with Crippen LogP contribution in [0.4, 0.5) is 13.2 Å². The van der Waals surface area contributed by atoms with Gasteiger partial charge in [-0.25, -0.2) is 0 Å². The van der Waals surface area contributed by atoms with E-state index in [0.717, 1.165) is 0 Å². The van der Waals surface area contributed by atoms with Gasteiger partial charge in [-0.15, -0.1) is 0 Å². The molecule has 0 aromatic carbocycles. The van der Waals surface area contributed by atoms with Gasteiger partial charge in [-0.3, -0.25) is 0 Å². The van der Waals surface area contributed by atoms with E-state index in [9.17, 15) is 13.2 Å². The zero-order valence-corrected chi connectivity index (χ0v) is 6.78. The molecule has 3 nitrogen and oxygen atoms in total. The van der Waals surface area contributed by atoms with Gasteiger partial charge in [0.25, 0.3) is 0 Å². The number of hydrogen-bond acceptors (Lipinski definition) is 3. The van der Waals surface area contributed by atoms with Gasteiger partial charge in [-0.05, 0) is 7.05 Å². The Labute approximate surface area is 69.0 Å². The Balaban J connectivity index is 3.38. The summed E-state index contributed by atoms with van der Waals surface area (Å²) < 4.78 is 35.0. The van der Waals surface area contributed by atoms with E-state index < -0.39 is 18.8 Å². The molecule has 0 heterocycles. The third kappa shape index (κ3) is 5.34. The summed E-state index contributed by atoms with van der Waals surface area (Å²) >= 11 is 0. The number of nitrogens with one attached hydrogen (secondary N) is 2. The second-order valence-electron chi connectivity index (χ2n) is 2.37. The molecule has 0 aliphatic heterocycles. The first-order valence-corrected chi connectivity index (χ1v) is 3.58. The Bertz CT molecular complexity index is 118. The summed E-state index contributed by atoms with van der Waals surface area (Å²) in [5.74, 6) is 0. The lowest BCUT2D eigenvalue weighted by molar-refractivity contribution is -0.201. The number of likely N-dealkylation sites (N-methyl/N-ethyl adjacent to an activating group) is 1. The van der Waals surface area contributed by atoms with Crippen LogP contribution in [0.25, 0.3) is 0 Å². The van der Waals surface area contributed by atoms with Crippen LogP contribution >= 0.6 is 0 Å². The second kappa shape index (κ2) is 5.34. The monoisotopic (exact) mass is 186 g/mol. The highest BCUT2D eigenvalue weighted by atomic mass is 19.4. The molecular weight excluding hydrogens is 173 g/mol. The van der Waals surface area contributed by atoms with Crippen molar-refractivity contribution < 1.29 is 18.3 Å². The minimum Gasteiger partial charge on any atom is -0.382 e. The highest BCUT2D eigenvalue weighted by Gasteiger charge is 2.37. The molecule has 0 saturated heterocycles. The predicted molar refractivity (Wildman–Crippen MR) is 38.9 cm³/mol. The number of aliphatic hydroxyl groups excluding tert-OH is 1. The lowest BCUT2D eigenvalue weighted by Gasteiger charge is -2.14. The van der Waals surface area contributed by atoms with Crippen molar-refractivity contribution in [2.75, 3.05) is 26.7 Å². The van der Waals surface area contributed by atoms with Gasteiger partial charge in [0.2, 0.25) is 0 Å². The zero-order valence-electron chi connectivity index (χ0n) is 6.78. The highest BCUT2D eigenvalue weighted by molar-refractivity contribution is 4.67. The fourth-order valence-corrected chi connectivity index (χ4v) is 0.568. The van der Waals surface area contributed by atoms with Gasteiger partial charge in [0.05, 0.1) is 0 Å². The first kappa shape index (κ1) is 11.7. The lowest BCUT2D eigenvalue weighted by Crippen LogP contribution is -2.40. The van der Waals surface area contributed by atoms with Crippen molar-refractivity contribution in [1.29, 1.82) is 0 Å². The molecule has 0 rings (SSSR count). The maximum atomic E-state index is 11.7. The van der Waals surface area contributed by atoms with E-state index in [4.69, 9.17) is 5.11 Å². The Morgan fingerprint density at radius 1 is 1.33 bits per heavy atom.